The number of piperazine rings is 1. The minimum atomic E-state index is 0.131. The number of ketones is 1. The molecule has 0 radical (unpaired) electrons. The van der Waals surface area contributed by atoms with Crippen LogP contribution < -0.4 is 0 Å². The fraction of sp³-hybridized carbons (Fsp3) is 0.533. The lowest BCUT2D eigenvalue weighted by Crippen LogP contribution is -2.58. The van der Waals surface area contributed by atoms with Crippen LogP contribution in [0, 0.1) is 0 Å². The Bertz CT molecular complexity index is 473. The van der Waals surface area contributed by atoms with Gasteiger partial charge in [-0.2, -0.15) is 0 Å². The molecule has 3 nitrogen and oxygen atoms in total. The van der Waals surface area contributed by atoms with Gasteiger partial charge in [0.1, 0.15) is 0 Å². The molecule has 0 aromatic heterocycles. The van der Waals surface area contributed by atoms with Crippen molar-refractivity contribution in [2.45, 2.75) is 19.4 Å². The van der Waals surface area contributed by atoms with Crippen LogP contribution in [0.1, 0.15) is 24.2 Å². The first kappa shape index (κ1) is 14.7. The molecule has 0 amide bonds. The van der Waals surface area contributed by atoms with E-state index < -0.39 is 0 Å². The monoisotopic (exact) mass is 324 g/mol. The third kappa shape index (κ3) is 3.44. The van der Waals surface area contributed by atoms with Gasteiger partial charge in [0.25, 0.3) is 0 Å². The Kier molecular flexibility index (Phi) is 4.43. The van der Waals surface area contributed by atoms with E-state index in [1.165, 1.54) is 0 Å². The summed E-state index contributed by atoms with van der Waals surface area (Å²) in [7, 11) is 2.15. The summed E-state index contributed by atoms with van der Waals surface area (Å²) in [5.74, 6) is 0.188. The number of carbonyl (C=O) groups is 1. The largest absolute Gasteiger partial charge is 0.299 e. The summed E-state index contributed by atoms with van der Waals surface area (Å²) in [4.78, 5) is 16.9. The van der Waals surface area contributed by atoms with Crippen LogP contribution in [0.2, 0.25) is 0 Å². The van der Waals surface area contributed by atoms with Crippen LogP contribution in [0.5, 0.6) is 0 Å². The number of hydrogen-bond donors (Lipinski definition) is 0. The van der Waals surface area contributed by atoms with Crippen molar-refractivity contribution in [1.82, 2.24) is 9.80 Å². The van der Waals surface area contributed by atoms with Gasteiger partial charge in [0.2, 0.25) is 0 Å². The first-order chi connectivity index (χ1) is 8.90. The highest BCUT2D eigenvalue weighted by molar-refractivity contribution is 9.10. The molecule has 0 spiro atoms. The minimum absolute atomic E-state index is 0.131. The Balaban J connectivity index is 2.03. The van der Waals surface area contributed by atoms with Crippen LogP contribution in [0.3, 0.4) is 0 Å². The first-order valence-corrected chi connectivity index (χ1v) is 7.41. The first-order valence-electron chi connectivity index (χ1n) is 6.61. The van der Waals surface area contributed by atoms with E-state index in [9.17, 15) is 4.79 Å². The van der Waals surface area contributed by atoms with Crippen LogP contribution in [0.15, 0.2) is 28.7 Å². The molecule has 1 fully saturated rings. The Labute approximate surface area is 123 Å². The van der Waals surface area contributed by atoms with Crippen molar-refractivity contribution in [2.24, 2.45) is 0 Å². The van der Waals surface area contributed by atoms with E-state index in [4.69, 9.17) is 0 Å². The summed E-state index contributed by atoms with van der Waals surface area (Å²) in [5, 5.41) is 0. The maximum Gasteiger partial charge on any atom is 0.177 e. The topological polar surface area (TPSA) is 23.6 Å². The highest BCUT2D eigenvalue weighted by atomic mass is 79.9. The average Bonchev–Trinajstić information content (AvgIpc) is 2.34. The van der Waals surface area contributed by atoms with Crippen molar-refractivity contribution in [2.75, 3.05) is 33.2 Å². The third-order valence-electron chi connectivity index (χ3n) is 3.94. The molecule has 19 heavy (non-hydrogen) atoms. The predicted octanol–water partition coefficient (Wildman–Crippen LogP) is 2.66. The Morgan fingerprint density at radius 2 is 2.00 bits per heavy atom. The van der Waals surface area contributed by atoms with Gasteiger partial charge in [0, 0.05) is 35.2 Å². The zero-order valence-corrected chi connectivity index (χ0v) is 13.4. The maximum atomic E-state index is 12.3. The molecule has 1 aliphatic heterocycles. The van der Waals surface area contributed by atoms with Crippen LogP contribution >= 0.6 is 15.9 Å². The molecule has 0 saturated carbocycles. The van der Waals surface area contributed by atoms with E-state index >= 15 is 0 Å². The number of likely N-dealkylation sites (N-methyl/N-ethyl adjacent to an activating group) is 1. The second kappa shape index (κ2) is 5.73. The second-order valence-electron chi connectivity index (χ2n) is 5.85. The number of rotatable bonds is 3. The SMILES string of the molecule is CN1CCN(CC(=O)c2ccccc2Br)CC1(C)C. The molecule has 104 valence electrons. The number of Topliss-reactive ketones (excluding diaryl/α,β-unsaturated/α-hetero) is 1. The number of halogens is 1. The Morgan fingerprint density at radius 3 is 2.63 bits per heavy atom. The molecular formula is C15H21BrN2O. The van der Waals surface area contributed by atoms with Crippen molar-refractivity contribution in [3.05, 3.63) is 34.3 Å². The van der Waals surface area contributed by atoms with Gasteiger partial charge in [0.15, 0.2) is 5.78 Å². The molecule has 0 aliphatic carbocycles. The molecule has 1 aliphatic rings. The molecular weight excluding hydrogens is 304 g/mol. The van der Waals surface area contributed by atoms with Gasteiger partial charge in [-0.15, -0.1) is 0 Å². The highest BCUT2D eigenvalue weighted by Crippen LogP contribution is 2.21. The van der Waals surface area contributed by atoms with Gasteiger partial charge in [-0.25, -0.2) is 0 Å². The van der Waals surface area contributed by atoms with Crippen LogP contribution in [-0.4, -0.2) is 54.3 Å². The second-order valence-corrected chi connectivity index (χ2v) is 6.70. The van der Waals surface area contributed by atoms with Crippen LogP contribution in [0.25, 0.3) is 0 Å². The van der Waals surface area contributed by atoms with Gasteiger partial charge in [-0.3, -0.25) is 14.6 Å². The average molecular weight is 325 g/mol. The van der Waals surface area contributed by atoms with E-state index in [1.807, 2.05) is 24.3 Å². The molecule has 0 N–H and O–H groups in total. The maximum absolute atomic E-state index is 12.3. The quantitative estimate of drug-likeness (QED) is 0.799. The summed E-state index contributed by atoms with van der Waals surface area (Å²) in [6, 6.07) is 7.64. The van der Waals surface area contributed by atoms with Crippen molar-refractivity contribution in [1.29, 1.82) is 0 Å². The normalized spacial score (nSPS) is 20.4. The molecule has 1 aromatic carbocycles. The fourth-order valence-corrected chi connectivity index (χ4v) is 2.96. The van der Waals surface area contributed by atoms with Crippen molar-refractivity contribution < 1.29 is 4.79 Å². The van der Waals surface area contributed by atoms with Crippen LogP contribution in [-0.2, 0) is 0 Å². The van der Waals surface area contributed by atoms with Gasteiger partial charge in [-0.1, -0.05) is 34.1 Å². The van der Waals surface area contributed by atoms with E-state index in [2.05, 4.69) is 46.6 Å². The zero-order chi connectivity index (χ0) is 14.0. The highest BCUT2D eigenvalue weighted by Gasteiger charge is 2.31. The number of carbonyl (C=O) groups excluding carboxylic acids is 1. The fourth-order valence-electron chi connectivity index (χ4n) is 2.45. The number of hydrogen-bond acceptors (Lipinski definition) is 3. The lowest BCUT2D eigenvalue weighted by atomic mass is 9.99. The molecule has 1 heterocycles. The Morgan fingerprint density at radius 1 is 1.32 bits per heavy atom. The molecule has 0 unspecified atom stereocenters. The number of benzene rings is 1. The van der Waals surface area contributed by atoms with Crippen molar-refractivity contribution >= 4 is 21.7 Å². The van der Waals surface area contributed by atoms with E-state index in [-0.39, 0.29) is 11.3 Å². The summed E-state index contributed by atoms with van der Waals surface area (Å²) < 4.78 is 0.883. The van der Waals surface area contributed by atoms with E-state index in [1.54, 1.807) is 0 Å². The smallest absolute Gasteiger partial charge is 0.177 e. The minimum Gasteiger partial charge on any atom is -0.299 e. The molecule has 0 atom stereocenters. The van der Waals surface area contributed by atoms with Gasteiger partial charge in [-0.05, 0) is 27.0 Å². The molecule has 2 rings (SSSR count). The van der Waals surface area contributed by atoms with Crippen molar-refractivity contribution in [3.8, 4) is 0 Å². The van der Waals surface area contributed by atoms with Gasteiger partial charge in [0.05, 0.1) is 6.54 Å². The van der Waals surface area contributed by atoms with Gasteiger partial charge >= 0.3 is 0 Å². The predicted molar refractivity (Wildman–Crippen MR) is 81.6 cm³/mol. The lowest BCUT2D eigenvalue weighted by Gasteiger charge is -2.45. The van der Waals surface area contributed by atoms with Crippen molar-refractivity contribution in [3.63, 3.8) is 0 Å². The van der Waals surface area contributed by atoms with E-state index in [0.717, 1.165) is 29.7 Å². The molecule has 4 heteroatoms. The Hall–Kier alpha value is -0.710. The molecule has 1 saturated heterocycles. The van der Waals surface area contributed by atoms with E-state index in [0.29, 0.717) is 6.54 Å². The molecule has 0 bridgehead atoms. The molecule has 1 aromatic rings. The van der Waals surface area contributed by atoms with Crippen LogP contribution in [0.4, 0.5) is 0 Å². The standard InChI is InChI=1S/C15H21BrN2O/c1-15(2)11-18(9-8-17(15)3)10-14(19)12-6-4-5-7-13(12)16/h4-7H,8-11H2,1-3H3. The summed E-state index contributed by atoms with van der Waals surface area (Å²) in [6.07, 6.45) is 0. The zero-order valence-electron chi connectivity index (χ0n) is 11.8. The summed E-state index contributed by atoms with van der Waals surface area (Å²) in [5.41, 5.74) is 0.908. The third-order valence-corrected chi connectivity index (χ3v) is 4.63. The lowest BCUT2D eigenvalue weighted by molar-refractivity contribution is 0.0389. The van der Waals surface area contributed by atoms with Gasteiger partial charge < -0.3 is 0 Å². The number of nitrogens with zero attached hydrogens (tertiary/aromatic N) is 2. The summed E-state index contributed by atoms with van der Waals surface area (Å²) in [6.45, 7) is 7.84. The summed E-state index contributed by atoms with van der Waals surface area (Å²) >= 11 is 3.45.